The Morgan fingerprint density at radius 3 is 1.93 bits per heavy atom. The number of para-hydroxylation sites is 2. The number of aromatic nitrogens is 1. The number of nitrogens with zero attached hydrogens (tertiary/aromatic N) is 1. The van der Waals surface area contributed by atoms with Crippen molar-refractivity contribution in [3.8, 4) is 5.69 Å². The molecule has 0 radical (unpaired) electrons. The quantitative estimate of drug-likeness (QED) is 0.378. The highest BCUT2D eigenvalue weighted by Crippen LogP contribution is 2.32. The van der Waals surface area contributed by atoms with Crippen molar-refractivity contribution in [1.29, 1.82) is 0 Å². The van der Waals surface area contributed by atoms with Crippen molar-refractivity contribution in [1.82, 2.24) is 4.57 Å². The number of fused-ring (bicyclic) bond motifs is 6. The van der Waals surface area contributed by atoms with Gasteiger partial charge in [-0.15, -0.1) is 0 Å². The molecule has 0 N–H and O–H groups in total. The summed E-state index contributed by atoms with van der Waals surface area (Å²) in [6.07, 6.45) is 0. The summed E-state index contributed by atoms with van der Waals surface area (Å²) in [6, 6.07) is 27.9. The first-order chi connectivity index (χ1) is 14.7. The van der Waals surface area contributed by atoms with Gasteiger partial charge in [-0.2, -0.15) is 0 Å². The molecule has 2 heterocycles. The molecular formula is C26H15NO3. The molecule has 4 nitrogen and oxygen atoms in total. The highest BCUT2D eigenvalue weighted by atomic mass is 16.3. The molecule has 142 valence electrons. The highest BCUT2D eigenvalue weighted by Gasteiger charge is 2.15. The topological polar surface area (TPSA) is 52.2 Å². The Hall–Kier alpha value is -4.18. The Morgan fingerprint density at radius 1 is 0.500 bits per heavy atom. The Bertz CT molecular complexity index is 1730. The van der Waals surface area contributed by atoms with E-state index in [1.165, 1.54) is 4.57 Å². The molecule has 0 atom stereocenters. The second-order valence-electron chi connectivity index (χ2n) is 7.32. The van der Waals surface area contributed by atoms with E-state index in [0.29, 0.717) is 22.0 Å². The molecule has 0 saturated heterocycles. The molecule has 0 spiro atoms. The minimum Gasteiger partial charge on any atom is -0.456 e. The molecule has 0 fully saturated rings. The van der Waals surface area contributed by atoms with Crippen molar-refractivity contribution in [2.75, 3.05) is 0 Å². The van der Waals surface area contributed by atoms with E-state index in [-0.39, 0.29) is 11.1 Å². The van der Waals surface area contributed by atoms with Crippen LogP contribution in [0.3, 0.4) is 0 Å². The van der Waals surface area contributed by atoms with Crippen LogP contribution < -0.4 is 11.1 Å². The van der Waals surface area contributed by atoms with Gasteiger partial charge in [-0.3, -0.25) is 9.59 Å². The molecule has 4 heteroatoms. The molecule has 2 aromatic heterocycles. The molecule has 6 aromatic rings. The lowest BCUT2D eigenvalue weighted by molar-refractivity contribution is 0.669. The van der Waals surface area contributed by atoms with Gasteiger partial charge >= 0.3 is 0 Å². The van der Waals surface area contributed by atoms with E-state index in [1.54, 1.807) is 24.3 Å². The molecule has 0 unspecified atom stereocenters. The van der Waals surface area contributed by atoms with Gasteiger partial charge in [0, 0.05) is 16.2 Å². The van der Waals surface area contributed by atoms with E-state index in [9.17, 15) is 9.59 Å². The minimum absolute atomic E-state index is 0.334. The summed E-state index contributed by atoms with van der Waals surface area (Å²) in [5, 5.41) is 4.34. The van der Waals surface area contributed by atoms with E-state index in [1.807, 2.05) is 66.7 Å². The van der Waals surface area contributed by atoms with Crippen LogP contribution in [0.15, 0.2) is 105 Å². The lowest BCUT2D eigenvalue weighted by Gasteiger charge is -2.01. The SMILES string of the molecule is O=c1c2ccccc2c2cc3c(cc2c(=O)n1-c1ccccc1)oc1ccccc13. The first kappa shape index (κ1) is 16.7. The summed E-state index contributed by atoms with van der Waals surface area (Å²) < 4.78 is 7.26. The van der Waals surface area contributed by atoms with E-state index in [0.717, 1.165) is 27.1 Å². The number of rotatable bonds is 1. The number of hydrogen-bond donors (Lipinski definition) is 0. The van der Waals surface area contributed by atoms with E-state index in [2.05, 4.69) is 0 Å². The fourth-order valence-electron chi connectivity index (χ4n) is 4.22. The summed E-state index contributed by atoms with van der Waals surface area (Å²) in [7, 11) is 0. The van der Waals surface area contributed by atoms with Gasteiger partial charge in [0.25, 0.3) is 11.1 Å². The maximum Gasteiger partial charge on any atom is 0.266 e. The lowest BCUT2D eigenvalue weighted by atomic mass is 10.0. The van der Waals surface area contributed by atoms with Crippen molar-refractivity contribution in [2.45, 2.75) is 0 Å². The second kappa shape index (κ2) is 6.16. The van der Waals surface area contributed by atoms with Crippen molar-refractivity contribution in [3.05, 3.63) is 112 Å². The molecule has 0 aliphatic heterocycles. The van der Waals surface area contributed by atoms with Gasteiger partial charge in [0.1, 0.15) is 11.2 Å². The van der Waals surface area contributed by atoms with Crippen LogP contribution in [-0.2, 0) is 0 Å². The first-order valence-electron chi connectivity index (χ1n) is 9.71. The predicted molar refractivity (Wildman–Crippen MR) is 121 cm³/mol. The van der Waals surface area contributed by atoms with Crippen LogP contribution >= 0.6 is 0 Å². The Kier molecular flexibility index (Phi) is 3.44. The van der Waals surface area contributed by atoms with Crippen LogP contribution in [0.1, 0.15) is 0 Å². The first-order valence-corrected chi connectivity index (χ1v) is 9.71. The smallest absolute Gasteiger partial charge is 0.266 e. The molecule has 0 amide bonds. The van der Waals surface area contributed by atoms with Crippen LogP contribution in [0.25, 0.3) is 49.2 Å². The minimum atomic E-state index is -0.361. The fourth-order valence-corrected chi connectivity index (χ4v) is 4.22. The third kappa shape index (κ3) is 2.28. The van der Waals surface area contributed by atoms with Crippen LogP contribution in [0, 0.1) is 0 Å². The van der Waals surface area contributed by atoms with Gasteiger partial charge in [-0.05, 0) is 47.2 Å². The summed E-state index contributed by atoms with van der Waals surface area (Å²) in [6.45, 7) is 0. The Balaban J connectivity index is 1.93. The number of furan rings is 1. The van der Waals surface area contributed by atoms with Gasteiger partial charge in [0.05, 0.1) is 11.1 Å². The maximum atomic E-state index is 13.6. The van der Waals surface area contributed by atoms with Crippen molar-refractivity contribution in [2.24, 2.45) is 0 Å². The number of hydrogen-bond acceptors (Lipinski definition) is 3. The fraction of sp³-hybridized carbons (Fsp3) is 0. The third-order valence-corrected chi connectivity index (χ3v) is 5.62. The average Bonchev–Trinajstić information content (AvgIpc) is 3.12. The van der Waals surface area contributed by atoms with Crippen LogP contribution in [0.5, 0.6) is 0 Å². The zero-order valence-corrected chi connectivity index (χ0v) is 15.8. The van der Waals surface area contributed by atoms with Crippen LogP contribution in [0.4, 0.5) is 0 Å². The standard InChI is InChI=1S/C26H15NO3/c28-25-19-12-5-4-10-17(19)20-14-21-18-11-6-7-13-23(18)30-24(21)15-22(20)26(29)27(25)16-8-2-1-3-9-16/h1-15H. The van der Waals surface area contributed by atoms with Gasteiger partial charge in [0.2, 0.25) is 0 Å². The molecular weight excluding hydrogens is 374 g/mol. The zero-order valence-electron chi connectivity index (χ0n) is 15.8. The monoisotopic (exact) mass is 389 g/mol. The highest BCUT2D eigenvalue weighted by molar-refractivity contribution is 6.15. The van der Waals surface area contributed by atoms with Crippen LogP contribution in [0.2, 0.25) is 0 Å². The predicted octanol–water partition coefficient (Wildman–Crippen LogP) is 5.40. The Labute approximate surface area is 170 Å². The summed E-state index contributed by atoms with van der Waals surface area (Å²) in [5.41, 5.74) is 1.24. The normalized spacial score (nSPS) is 11.6. The second-order valence-corrected chi connectivity index (χ2v) is 7.32. The molecule has 0 aliphatic carbocycles. The van der Waals surface area contributed by atoms with Gasteiger partial charge in [-0.25, -0.2) is 4.57 Å². The lowest BCUT2D eigenvalue weighted by Crippen LogP contribution is -2.28. The number of benzene rings is 4. The average molecular weight is 389 g/mol. The molecule has 0 bridgehead atoms. The molecule has 6 rings (SSSR count). The summed E-state index contributed by atoms with van der Waals surface area (Å²) in [4.78, 5) is 27.1. The summed E-state index contributed by atoms with van der Waals surface area (Å²) >= 11 is 0. The van der Waals surface area contributed by atoms with E-state index < -0.39 is 0 Å². The van der Waals surface area contributed by atoms with Crippen molar-refractivity contribution in [3.63, 3.8) is 0 Å². The summed E-state index contributed by atoms with van der Waals surface area (Å²) in [5.74, 6) is 0. The van der Waals surface area contributed by atoms with E-state index >= 15 is 0 Å². The van der Waals surface area contributed by atoms with Gasteiger partial charge < -0.3 is 4.42 Å². The molecule has 0 aliphatic rings. The van der Waals surface area contributed by atoms with Crippen molar-refractivity contribution >= 4 is 43.5 Å². The molecule has 0 saturated carbocycles. The molecule has 30 heavy (non-hydrogen) atoms. The molecule has 4 aromatic carbocycles. The Morgan fingerprint density at radius 2 is 1.13 bits per heavy atom. The van der Waals surface area contributed by atoms with Gasteiger partial charge in [-0.1, -0.05) is 54.6 Å². The van der Waals surface area contributed by atoms with E-state index in [4.69, 9.17) is 4.42 Å². The largest absolute Gasteiger partial charge is 0.456 e. The zero-order chi connectivity index (χ0) is 20.2. The van der Waals surface area contributed by atoms with Gasteiger partial charge in [0.15, 0.2) is 0 Å². The maximum absolute atomic E-state index is 13.6. The third-order valence-electron chi connectivity index (χ3n) is 5.62. The van der Waals surface area contributed by atoms with Crippen molar-refractivity contribution < 1.29 is 4.42 Å². The van der Waals surface area contributed by atoms with Crippen LogP contribution in [-0.4, -0.2) is 4.57 Å².